The van der Waals surface area contributed by atoms with Gasteiger partial charge in [0.2, 0.25) is 5.95 Å². The third-order valence-corrected chi connectivity index (χ3v) is 4.87. The molecule has 29 heavy (non-hydrogen) atoms. The molecule has 2 heterocycles. The Hall–Kier alpha value is -3.54. The molecule has 6 heteroatoms. The van der Waals surface area contributed by atoms with E-state index < -0.39 is 5.95 Å². The number of rotatable bonds is 4. The summed E-state index contributed by atoms with van der Waals surface area (Å²) >= 11 is 0. The average Bonchev–Trinajstić information content (AvgIpc) is 2.72. The summed E-state index contributed by atoms with van der Waals surface area (Å²) < 4.78 is 16.3. The molecule has 0 aliphatic rings. The Kier molecular flexibility index (Phi) is 4.84. The van der Waals surface area contributed by atoms with Gasteiger partial charge in [0.1, 0.15) is 11.5 Å². The maximum absolute atomic E-state index is 14.9. The standard InChI is InChI=1S/C23H21FN4O/c1-15-8-10-16(11-9-15)14-28-23(29)18-7-5-4-6-17(18)21(26-28)19-12-13-20(27(2)3)25-22(19)24/h4-13H,14H2,1-3H3. The third-order valence-electron chi connectivity index (χ3n) is 4.87. The van der Waals surface area contributed by atoms with Crippen LogP contribution in [0, 0.1) is 12.9 Å². The molecule has 0 saturated heterocycles. The molecule has 4 aromatic rings. The summed E-state index contributed by atoms with van der Waals surface area (Å²) in [5.41, 5.74) is 2.56. The van der Waals surface area contributed by atoms with Crippen molar-refractivity contribution >= 4 is 16.6 Å². The minimum Gasteiger partial charge on any atom is -0.363 e. The molecular weight excluding hydrogens is 367 g/mol. The van der Waals surface area contributed by atoms with Crippen molar-refractivity contribution in [2.75, 3.05) is 19.0 Å². The molecule has 0 amide bonds. The number of benzene rings is 2. The van der Waals surface area contributed by atoms with Crippen molar-refractivity contribution in [3.8, 4) is 11.3 Å². The van der Waals surface area contributed by atoms with Gasteiger partial charge in [-0.05, 0) is 30.7 Å². The summed E-state index contributed by atoms with van der Waals surface area (Å²) in [5, 5.41) is 5.64. The predicted molar refractivity (Wildman–Crippen MR) is 114 cm³/mol. The first-order valence-electron chi connectivity index (χ1n) is 9.33. The van der Waals surface area contributed by atoms with E-state index >= 15 is 0 Å². The second-order valence-electron chi connectivity index (χ2n) is 7.24. The van der Waals surface area contributed by atoms with E-state index in [4.69, 9.17) is 0 Å². The van der Waals surface area contributed by atoms with Crippen molar-refractivity contribution in [3.05, 3.63) is 88.1 Å². The second kappa shape index (κ2) is 7.47. The molecule has 0 N–H and O–H groups in total. The fraction of sp³-hybridized carbons (Fsp3) is 0.174. The van der Waals surface area contributed by atoms with Gasteiger partial charge in [-0.3, -0.25) is 4.79 Å². The zero-order chi connectivity index (χ0) is 20.5. The summed E-state index contributed by atoms with van der Waals surface area (Å²) in [6, 6.07) is 18.5. The Bertz CT molecular complexity index is 1250. The summed E-state index contributed by atoms with van der Waals surface area (Å²) in [7, 11) is 3.60. The van der Waals surface area contributed by atoms with Gasteiger partial charge in [-0.1, -0.05) is 48.0 Å². The van der Waals surface area contributed by atoms with E-state index in [9.17, 15) is 9.18 Å². The Morgan fingerprint density at radius 3 is 2.31 bits per heavy atom. The van der Waals surface area contributed by atoms with Crippen LogP contribution in [0.25, 0.3) is 22.0 Å². The van der Waals surface area contributed by atoms with Gasteiger partial charge in [0.15, 0.2) is 0 Å². The topological polar surface area (TPSA) is 51.0 Å². The van der Waals surface area contributed by atoms with Gasteiger partial charge in [-0.25, -0.2) is 9.67 Å². The number of halogens is 1. The van der Waals surface area contributed by atoms with Crippen molar-refractivity contribution in [1.82, 2.24) is 14.8 Å². The highest BCUT2D eigenvalue weighted by Gasteiger charge is 2.17. The summed E-state index contributed by atoms with van der Waals surface area (Å²) in [6.45, 7) is 2.32. The molecule has 4 rings (SSSR count). The third kappa shape index (κ3) is 3.61. The highest BCUT2D eigenvalue weighted by molar-refractivity contribution is 5.93. The smallest absolute Gasteiger partial charge is 0.274 e. The maximum atomic E-state index is 14.9. The minimum atomic E-state index is -0.616. The van der Waals surface area contributed by atoms with Gasteiger partial charge in [0, 0.05) is 19.5 Å². The molecule has 0 fully saturated rings. The van der Waals surface area contributed by atoms with E-state index in [1.807, 2.05) is 37.3 Å². The molecule has 146 valence electrons. The van der Waals surface area contributed by atoms with Crippen LogP contribution < -0.4 is 10.5 Å². The van der Waals surface area contributed by atoms with Gasteiger partial charge in [0.25, 0.3) is 5.56 Å². The van der Waals surface area contributed by atoms with Gasteiger partial charge in [0.05, 0.1) is 17.5 Å². The molecule has 0 unspecified atom stereocenters. The van der Waals surface area contributed by atoms with Crippen molar-refractivity contribution in [1.29, 1.82) is 0 Å². The lowest BCUT2D eigenvalue weighted by molar-refractivity contribution is 0.584. The highest BCUT2D eigenvalue weighted by Crippen LogP contribution is 2.27. The summed E-state index contributed by atoms with van der Waals surface area (Å²) in [5.74, 6) is -0.0991. The Morgan fingerprint density at radius 1 is 0.966 bits per heavy atom. The number of hydrogen-bond donors (Lipinski definition) is 0. The zero-order valence-electron chi connectivity index (χ0n) is 16.6. The largest absolute Gasteiger partial charge is 0.363 e. The second-order valence-corrected chi connectivity index (χ2v) is 7.24. The molecule has 0 aliphatic heterocycles. The lowest BCUT2D eigenvalue weighted by atomic mass is 10.1. The van der Waals surface area contributed by atoms with Crippen LogP contribution in [0.3, 0.4) is 0 Å². The molecule has 0 bridgehead atoms. The number of hydrogen-bond acceptors (Lipinski definition) is 4. The molecule has 5 nitrogen and oxygen atoms in total. The fourth-order valence-electron chi connectivity index (χ4n) is 3.26. The van der Waals surface area contributed by atoms with E-state index in [1.165, 1.54) is 4.68 Å². The zero-order valence-corrected chi connectivity index (χ0v) is 16.6. The normalized spacial score (nSPS) is 11.0. The number of nitrogens with zero attached hydrogens (tertiary/aromatic N) is 4. The minimum absolute atomic E-state index is 0.205. The molecule has 0 atom stereocenters. The fourth-order valence-corrected chi connectivity index (χ4v) is 3.26. The van der Waals surface area contributed by atoms with E-state index in [1.54, 1.807) is 49.3 Å². The number of pyridine rings is 1. The average molecular weight is 388 g/mol. The number of aromatic nitrogens is 3. The first kappa shape index (κ1) is 18.8. The van der Waals surface area contributed by atoms with Crippen molar-refractivity contribution in [2.45, 2.75) is 13.5 Å². The monoisotopic (exact) mass is 388 g/mol. The SMILES string of the molecule is Cc1ccc(Cn2nc(-c3ccc(N(C)C)nc3F)c3ccccc3c2=O)cc1. The van der Waals surface area contributed by atoms with Crippen molar-refractivity contribution in [2.24, 2.45) is 0 Å². The Morgan fingerprint density at radius 2 is 1.66 bits per heavy atom. The van der Waals surface area contributed by atoms with Gasteiger partial charge >= 0.3 is 0 Å². The van der Waals surface area contributed by atoms with Crippen LogP contribution in [-0.4, -0.2) is 28.9 Å². The van der Waals surface area contributed by atoms with Crippen LogP contribution in [0.2, 0.25) is 0 Å². The first-order chi connectivity index (χ1) is 13.9. The Balaban J connectivity index is 1.91. The lowest BCUT2D eigenvalue weighted by Crippen LogP contribution is -2.24. The molecule has 2 aromatic carbocycles. The van der Waals surface area contributed by atoms with E-state index in [2.05, 4.69) is 10.1 Å². The van der Waals surface area contributed by atoms with Crippen LogP contribution >= 0.6 is 0 Å². The van der Waals surface area contributed by atoms with Crippen molar-refractivity contribution in [3.63, 3.8) is 0 Å². The van der Waals surface area contributed by atoms with Crippen molar-refractivity contribution < 1.29 is 4.39 Å². The summed E-state index contributed by atoms with van der Waals surface area (Å²) in [6.07, 6.45) is 0. The van der Waals surface area contributed by atoms with Gasteiger partial charge < -0.3 is 4.90 Å². The van der Waals surface area contributed by atoms with Crippen LogP contribution in [0.15, 0.2) is 65.5 Å². The first-order valence-corrected chi connectivity index (χ1v) is 9.33. The Labute approximate surface area is 168 Å². The molecular formula is C23H21FN4O. The van der Waals surface area contributed by atoms with Gasteiger partial charge in [-0.15, -0.1) is 0 Å². The molecule has 0 saturated carbocycles. The van der Waals surface area contributed by atoms with Crippen LogP contribution in [0.1, 0.15) is 11.1 Å². The predicted octanol–water partition coefficient (Wildman–Crippen LogP) is 4.02. The summed E-state index contributed by atoms with van der Waals surface area (Å²) in [4.78, 5) is 18.8. The molecule has 0 aliphatic carbocycles. The van der Waals surface area contributed by atoms with E-state index in [-0.39, 0.29) is 11.1 Å². The van der Waals surface area contributed by atoms with Crippen LogP contribution in [0.5, 0.6) is 0 Å². The molecule has 0 radical (unpaired) electrons. The van der Waals surface area contributed by atoms with Crippen LogP contribution in [-0.2, 0) is 6.54 Å². The number of aryl methyl sites for hydroxylation is 1. The molecule has 2 aromatic heterocycles. The number of anilines is 1. The maximum Gasteiger partial charge on any atom is 0.274 e. The van der Waals surface area contributed by atoms with Crippen LogP contribution in [0.4, 0.5) is 10.2 Å². The lowest BCUT2D eigenvalue weighted by Gasteiger charge is -2.14. The molecule has 0 spiro atoms. The van der Waals surface area contributed by atoms with Gasteiger partial charge in [-0.2, -0.15) is 9.49 Å². The van der Waals surface area contributed by atoms with E-state index in [0.29, 0.717) is 28.8 Å². The number of fused-ring (bicyclic) bond motifs is 1. The highest BCUT2D eigenvalue weighted by atomic mass is 19.1. The van der Waals surface area contributed by atoms with E-state index in [0.717, 1.165) is 11.1 Å². The quantitative estimate of drug-likeness (QED) is 0.496.